The number of aryl methyl sites for hydroxylation is 1. The molecule has 33 heavy (non-hydrogen) atoms. The molecule has 1 aromatic rings. The maximum absolute atomic E-state index is 12.8. The largest absolute Gasteiger partial charge is 0.370 e. The number of amides is 3. The molecule has 2 atom stereocenters. The van der Waals surface area contributed by atoms with E-state index in [2.05, 4.69) is 21.3 Å². The quantitative estimate of drug-likeness (QED) is 0.115. The molecule has 0 bridgehead atoms. The summed E-state index contributed by atoms with van der Waals surface area (Å²) in [6, 6.07) is 5.68. The van der Waals surface area contributed by atoms with E-state index in [-0.39, 0.29) is 31.8 Å². The van der Waals surface area contributed by atoms with Crippen LogP contribution in [0.15, 0.2) is 24.3 Å². The van der Waals surface area contributed by atoms with Crippen LogP contribution < -0.4 is 27.0 Å². The molecule has 0 aliphatic carbocycles. The highest BCUT2D eigenvalue weighted by Gasteiger charge is 2.26. The lowest BCUT2D eigenvalue weighted by atomic mass is 10.1. The second-order valence-electron chi connectivity index (χ2n) is 7.65. The van der Waals surface area contributed by atoms with Gasteiger partial charge in [0, 0.05) is 26.4 Å². The average Bonchev–Trinajstić information content (AvgIpc) is 2.77. The van der Waals surface area contributed by atoms with Crippen LogP contribution in [0.4, 0.5) is 0 Å². The highest BCUT2D eigenvalue weighted by Crippen LogP contribution is 2.05. The van der Waals surface area contributed by atoms with Crippen LogP contribution in [0.1, 0.15) is 43.7 Å². The lowest BCUT2D eigenvalue weighted by molar-refractivity contribution is -0.132. The number of nitrogens with one attached hydrogen (secondary N) is 6. The molecule has 0 spiro atoms. The molecule has 0 saturated carbocycles. The molecule has 1 aromatic carbocycles. The van der Waals surface area contributed by atoms with Gasteiger partial charge in [0.1, 0.15) is 12.1 Å². The van der Waals surface area contributed by atoms with Crippen LogP contribution in [0.3, 0.4) is 0 Å². The molecule has 11 heteroatoms. The SMILES string of the molecule is CC(=O)N[C@@H](CCCNC(=N)N)C(=O)N[C@@H](CCC(=O)C=N)C(=O)NCc1ccc(C)cc1. The average molecular weight is 460 g/mol. The molecule has 0 aliphatic rings. The lowest BCUT2D eigenvalue weighted by Gasteiger charge is -2.23. The Bertz CT molecular complexity index is 855. The van der Waals surface area contributed by atoms with Gasteiger partial charge in [-0.2, -0.15) is 0 Å². The van der Waals surface area contributed by atoms with Crippen molar-refractivity contribution >= 4 is 35.7 Å². The summed E-state index contributed by atoms with van der Waals surface area (Å²) in [5, 5.41) is 24.7. The highest BCUT2D eigenvalue weighted by molar-refractivity contribution is 6.26. The second-order valence-corrected chi connectivity index (χ2v) is 7.65. The zero-order valence-corrected chi connectivity index (χ0v) is 19.0. The van der Waals surface area contributed by atoms with Gasteiger partial charge in [0.25, 0.3) is 0 Å². The van der Waals surface area contributed by atoms with E-state index in [1.807, 2.05) is 31.2 Å². The van der Waals surface area contributed by atoms with E-state index in [9.17, 15) is 19.2 Å². The van der Waals surface area contributed by atoms with Crippen molar-refractivity contribution in [1.29, 1.82) is 10.8 Å². The van der Waals surface area contributed by atoms with Crippen LogP contribution in [0.5, 0.6) is 0 Å². The number of carbonyl (C=O) groups is 4. The van der Waals surface area contributed by atoms with Gasteiger partial charge in [-0.1, -0.05) is 29.8 Å². The van der Waals surface area contributed by atoms with Crippen LogP contribution >= 0.6 is 0 Å². The third kappa shape index (κ3) is 11.4. The molecule has 0 radical (unpaired) electrons. The lowest BCUT2D eigenvalue weighted by Crippen LogP contribution is -2.53. The van der Waals surface area contributed by atoms with Gasteiger partial charge >= 0.3 is 0 Å². The standard InChI is InChI=1S/C22H33N7O4/c1-14-5-7-16(8-6-14)13-27-20(32)19(10-9-17(31)12-23)29-21(33)18(28-15(2)30)4-3-11-26-22(24)25/h5-8,12,18-19,23H,3-4,9-11,13H2,1-2H3,(H,27,32)(H,28,30)(H,29,33)(H4,24,25,26)/t18-,19-/m0/s1. The Morgan fingerprint density at radius 2 is 1.64 bits per heavy atom. The Morgan fingerprint density at radius 1 is 1.00 bits per heavy atom. The van der Waals surface area contributed by atoms with Gasteiger partial charge in [-0.05, 0) is 31.7 Å². The van der Waals surface area contributed by atoms with Gasteiger partial charge in [-0.25, -0.2) is 0 Å². The molecule has 0 aromatic heterocycles. The summed E-state index contributed by atoms with van der Waals surface area (Å²) in [6.45, 7) is 3.82. The van der Waals surface area contributed by atoms with E-state index < -0.39 is 35.6 Å². The summed E-state index contributed by atoms with van der Waals surface area (Å²) >= 11 is 0. The number of ketones is 1. The van der Waals surface area contributed by atoms with Crippen molar-refractivity contribution in [2.45, 2.75) is 58.2 Å². The molecule has 3 amide bonds. The van der Waals surface area contributed by atoms with E-state index in [1.54, 1.807) is 0 Å². The van der Waals surface area contributed by atoms with Crippen molar-refractivity contribution in [3.05, 3.63) is 35.4 Å². The summed E-state index contributed by atoms with van der Waals surface area (Å²) in [7, 11) is 0. The second kappa shape index (κ2) is 14.3. The van der Waals surface area contributed by atoms with Gasteiger partial charge in [0.15, 0.2) is 11.7 Å². The summed E-state index contributed by atoms with van der Waals surface area (Å²) in [6.07, 6.45) is 1.29. The number of Topliss-reactive ketones (excluding diaryl/α,β-unsaturated/α-hetero) is 1. The van der Waals surface area contributed by atoms with Gasteiger partial charge in [0.2, 0.25) is 17.7 Å². The molecule has 11 nitrogen and oxygen atoms in total. The smallest absolute Gasteiger partial charge is 0.243 e. The van der Waals surface area contributed by atoms with Gasteiger partial charge < -0.3 is 32.4 Å². The number of guanidine groups is 1. The van der Waals surface area contributed by atoms with Crippen LogP contribution in [-0.2, 0) is 25.7 Å². The fourth-order valence-corrected chi connectivity index (χ4v) is 2.96. The Balaban J connectivity index is 2.82. The van der Waals surface area contributed by atoms with E-state index in [0.717, 1.165) is 11.1 Å². The van der Waals surface area contributed by atoms with Gasteiger partial charge in [-0.15, -0.1) is 0 Å². The molecular formula is C22H33N7O4. The highest BCUT2D eigenvalue weighted by atomic mass is 16.2. The maximum Gasteiger partial charge on any atom is 0.243 e. The number of nitrogens with two attached hydrogens (primary N) is 1. The zero-order valence-electron chi connectivity index (χ0n) is 19.0. The van der Waals surface area contributed by atoms with E-state index >= 15 is 0 Å². The van der Waals surface area contributed by atoms with Crippen LogP contribution in [0, 0.1) is 17.7 Å². The minimum Gasteiger partial charge on any atom is -0.370 e. The molecule has 0 fully saturated rings. The number of carbonyl (C=O) groups excluding carboxylic acids is 4. The molecule has 1 rings (SSSR count). The Hall–Kier alpha value is -3.76. The summed E-state index contributed by atoms with van der Waals surface area (Å²) < 4.78 is 0. The number of benzene rings is 1. The normalized spacial score (nSPS) is 12.1. The van der Waals surface area contributed by atoms with Gasteiger partial charge in [-0.3, -0.25) is 24.6 Å². The molecule has 0 heterocycles. The van der Waals surface area contributed by atoms with E-state index in [4.69, 9.17) is 16.6 Å². The minimum absolute atomic E-state index is 0.0123. The van der Waals surface area contributed by atoms with E-state index in [1.165, 1.54) is 6.92 Å². The number of rotatable bonds is 14. The van der Waals surface area contributed by atoms with Gasteiger partial charge in [0.05, 0.1) is 6.21 Å². The third-order valence-corrected chi connectivity index (χ3v) is 4.74. The summed E-state index contributed by atoms with van der Waals surface area (Å²) in [5.74, 6) is -2.10. The van der Waals surface area contributed by atoms with Crippen molar-refractivity contribution in [1.82, 2.24) is 21.3 Å². The minimum atomic E-state index is -1.02. The first-order valence-corrected chi connectivity index (χ1v) is 10.6. The monoisotopic (exact) mass is 459 g/mol. The van der Waals surface area contributed by atoms with Crippen LogP contribution in [-0.4, -0.2) is 54.3 Å². The van der Waals surface area contributed by atoms with Crippen molar-refractivity contribution in [2.75, 3.05) is 6.54 Å². The zero-order chi connectivity index (χ0) is 24.8. The fourth-order valence-electron chi connectivity index (χ4n) is 2.96. The first kappa shape index (κ1) is 27.3. The first-order chi connectivity index (χ1) is 15.6. The summed E-state index contributed by atoms with van der Waals surface area (Å²) in [5.41, 5.74) is 7.20. The maximum atomic E-state index is 12.8. The Kier molecular flexibility index (Phi) is 11.8. The first-order valence-electron chi connectivity index (χ1n) is 10.6. The number of hydrogen-bond donors (Lipinski definition) is 7. The molecule has 0 aliphatic heterocycles. The molecule has 0 unspecified atom stereocenters. The third-order valence-electron chi connectivity index (χ3n) is 4.74. The fraction of sp³-hybridized carbons (Fsp3) is 0.455. The van der Waals surface area contributed by atoms with Crippen molar-refractivity contribution < 1.29 is 19.2 Å². The topological polar surface area (TPSA) is 190 Å². The molecule has 180 valence electrons. The predicted octanol–water partition coefficient (Wildman–Crippen LogP) is -0.137. The van der Waals surface area contributed by atoms with Crippen molar-refractivity contribution in [3.8, 4) is 0 Å². The predicted molar refractivity (Wildman–Crippen MR) is 125 cm³/mol. The van der Waals surface area contributed by atoms with Crippen LogP contribution in [0.2, 0.25) is 0 Å². The van der Waals surface area contributed by atoms with Crippen LogP contribution in [0.25, 0.3) is 0 Å². The number of hydrogen-bond acceptors (Lipinski definition) is 6. The van der Waals surface area contributed by atoms with Crippen molar-refractivity contribution in [2.24, 2.45) is 5.73 Å². The molecular weight excluding hydrogens is 426 g/mol. The summed E-state index contributed by atoms with van der Waals surface area (Å²) in [4.78, 5) is 48.7. The van der Waals surface area contributed by atoms with E-state index in [0.29, 0.717) is 19.2 Å². The molecule has 0 saturated heterocycles. The van der Waals surface area contributed by atoms with Crippen molar-refractivity contribution in [3.63, 3.8) is 0 Å². The Morgan fingerprint density at radius 3 is 2.21 bits per heavy atom. The molecule has 8 N–H and O–H groups in total. The Labute approximate surface area is 193 Å².